The predicted molar refractivity (Wildman–Crippen MR) is 91.8 cm³/mol. The molecule has 0 bridgehead atoms. The van der Waals surface area contributed by atoms with Crippen LogP contribution < -0.4 is 5.32 Å². The summed E-state index contributed by atoms with van der Waals surface area (Å²) in [5.41, 5.74) is 5.62. The Kier molecular flexibility index (Phi) is 4.05. The Bertz CT molecular complexity index is 901. The van der Waals surface area contributed by atoms with Crippen molar-refractivity contribution >= 4 is 34.2 Å². The van der Waals surface area contributed by atoms with Crippen LogP contribution in [0.15, 0.2) is 30.3 Å². The van der Waals surface area contributed by atoms with Crippen molar-refractivity contribution in [3.63, 3.8) is 0 Å². The third-order valence-electron chi connectivity index (χ3n) is 3.89. The van der Waals surface area contributed by atoms with Crippen molar-refractivity contribution in [2.75, 3.05) is 5.32 Å². The van der Waals surface area contributed by atoms with Crippen molar-refractivity contribution in [2.24, 2.45) is 0 Å². The number of hydrogen-bond acceptors (Lipinski definition) is 3. The van der Waals surface area contributed by atoms with E-state index >= 15 is 0 Å². The van der Waals surface area contributed by atoms with Gasteiger partial charge in [0.2, 0.25) is 5.91 Å². The third-order valence-corrected chi connectivity index (χ3v) is 4.12. The number of nitrogens with zero attached hydrogens (tertiary/aromatic N) is 3. The molecule has 0 aliphatic heterocycles. The molecule has 0 aliphatic rings. The highest BCUT2D eigenvalue weighted by molar-refractivity contribution is 6.30. The van der Waals surface area contributed by atoms with E-state index in [1.807, 2.05) is 39.0 Å². The van der Waals surface area contributed by atoms with Crippen LogP contribution in [-0.2, 0) is 11.3 Å². The molecule has 0 radical (unpaired) electrons. The summed E-state index contributed by atoms with van der Waals surface area (Å²) in [4.78, 5) is 12.3. The monoisotopic (exact) mass is 328 g/mol. The Morgan fingerprint density at radius 1 is 1.13 bits per heavy atom. The lowest BCUT2D eigenvalue weighted by Gasteiger charge is -2.09. The van der Waals surface area contributed by atoms with Crippen molar-refractivity contribution in [2.45, 2.75) is 27.3 Å². The van der Waals surface area contributed by atoms with Crippen molar-refractivity contribution in [1.29, 1.82) is 0 Å². The van der Waals surface area contributed by atoms with Gasteiger partial charge in [-0.2, -0.15) is 0 Å². The van der Waals surface area contributed by atoms with Crippen LogP contribution in [0.3, 0.4) is 0 Å². The average molecular weight is 329 g/mol. The topological polar surface area (TPSA) is 59.8 Å². The number of carbonyl (C=O) groups is 1. The molecule has 1 amide bonds. The molecule has 2 aromatic carbocycles. The van der Waals surface area contributed by atoms with Gasteiger partial charge in [0.25, 0.3) is 0 Å². The van der Waals surface area contributed by atoms with Gasteiger partial charge < -0.3 is 5.32 Å². The van der Waals surface area contributed by atoms with Gasteiger partial charge in [0.05, 0.1) is 5.52 Å². The number of benzene rings is 2. The Hall–Kier alpha value is -2.40. The number of fused-ring (bicyclic) bond motifs is 1. The van der Waals surface area contributed by atoms with Gasteiger partial charge in [0, 0.05) is 10.7 Å². The molecule has 1 aromatic heterocycles. The van der Waals surface area contributed by atoms with Crippen LogP contribution in [0.2, 0.25) is 5.02 Å². The smallest absolute Gasteiger partial charge is 0.246 e. The van der Waals surface area contributed by atoms with E-state index in [0.29, 0.717) is 5.02 Å². The molecule has 3 aromatic rings. The molecule has 1 N–H and O–H groups in total. The molecule has 0 saturated carbocycles. The van der Waals surface area contributed by atoms with E-state index in [2.05, 4.69) is 15.6 Å². The van der Waals surface area contributed by atoms with E-state index in [4.69, 9.17) is 11.6 Å². The number of nitrogens with one attached hydrogen (secondary N) is 1. The van der Waals surface area contributed by atoms with Crippen molar-refractivity contribution in [1.82, 2.24) is 15.0 Å². The Morgan fingerprint density at radius 3 is 2.61 bits per heavy atom. The summed E-state index contributed by atoms with van der Waals surface area (Å²) < 4.78 is 1.61. The van der Waals surface area contributed by atoms with Crippen LogP contribution in [0.1, 0.15) is 16.7 Å². The number of aryl methyl sites for hydroxylation is 3. The summed E-state index contributed by atoms with van der Waals surface area (Å²) in [6.07, 6.45) is 0. The van der Waals surface area contributed by atoms with Crippen LogP contribution in [0, 0.1) is 20.8 Å². The minimum Gasteiger partial charge on any atom is -0.324 e. The fraction of sp³-hybridized carbons (Fsp3) is 0.235. The predicted octanol–water partition coefficient (Wildman–Crippen LogP) is 3.65. The maximum Gasteiger partial charge on any atom is 0.246 e. The maximum atomic E-state index is 12.3. The minimum atomic E-state index is -0.152. The molecule has 6 heteroatoms. The lowest BCUT2D eigenvalue weighted by atomic mass is 10.1. The SMILES string of the molecule is Cc1cc2nnn(CC(=O)Nc3ccc(Cl)cc3C)c2cc1C. The highest BCUT2D eigenvalue weighted by Gasteiger charge is 2.11. The first-order chi connectivity index (χ1) is 10.9. The van der Waals surface area contributed by atoms with Gasteiger partial charge in [-0.15, -0.1) is 5.10 Å². The van der Waals surface area contributed by atoms with E-state index < -0.39 is 0 Å². The summed E-state index contributed by atoms with van der Waals surface area (Å²) in [7, 11) is 0. The second-order valence-electron chi connectivity index (χ2n) is 5.68. The molecule has 3 rings (SSSR count). The lowest BCUT2D eigenvalue weighted by Crippen LogP contribution is -2.20. The summed E-state index contributed by atoms with van der Waals surface area (Å²) in [5, 5.41) is 11.7. The van der Waals surface area contributed by atoms with Gasteiger partial charge in [-0.3, -0.25) is 4.79 Å². The molecule has 0 aliphatic carbocycles. The number of anilines is 1. The molecule has 1 heterocycles. The number of halogens is 1. The molecular formula is C17H17ClN4O. The normalized spacial score (nSPS) is 11.0. The fourth-order valence-corrected chi connectivity index (χ4v) is 2.66. The summed E-state index contributed by atoms with van der Waals surface area (Å²) in [6, 6.07) is 9.35. The Labute approximate surface area is 139 Å². The lowest BCUT2D eigenvalue weighted by molar-refractivity contribution is -0.116. The Morgan fingerprint density at radius 2 is 1.87 bits per heavy atom. The average Bonchev–Trinajstić information content (AvgIpc) is 2.85. The van der Waals surface area contributed by atoms with E-state index in [9.17, 15) is 4.79 Å². The van der Waals surface area contributed by atoms with Gasteiger partial charge in [0.1, 0.15) is 12.1 Å². The highest BCUT2D eigenvalue weighted by atomic mass is 35.5. The second kappa shape index (κ2) is 6.01. The molecular weight excluding hydrogens is 312 g/mol. The molecule has 0 atom stereocenters. The van der Waals surface area contributed by atoms with Crippen LogP contribution in [0.25, 0.3) is 11.0 Å². The van der Waals surface area contributed by atoms with Crippen LogP contribution in [-0.4, -0.2) is 20.9 Å². The van der Waals surface area contributed by atoms with Gasteiger partial charge in [0.15, 0.2) is 0 Å². The second-order valence-corrected chi connectivity index (χ2v) is 6.12. The van der Waals surface area contributed by atoms with E-state index in [1.54, 1.807) is 16.8 Å². The third kappa shape index (κ3) is 3.19. The number of rotatable bonds is 3. The van der Waals surface area contributed by atoms with Crippen molar-refractivity contribution in [3.05, 3.63) is 52.0 Å². The van der Waals surface area contributed by atoms with Crippen LogP contribution in [0.5, 0.6) is 0 Å². The molecule has 0 spiro atoms. The first-order valence-corrected chi connectivity index (χ1v) is 7.68. The number of aromatic nitrogens is 3. The zero-order valence-electron chi connectivity index (χ0n) is 13.2. The zero-order chi connectivity index (χ0) is 16.6. The summed E-state index contributed by atoms with van der Waals surface area (Å²) >= 11 is 5.93. The maximum absolute atomic E-state index is 12.3. The van der Waals surface area contributed by atoms with Crippen molar-refractivity contribution in [3.8, 4) is 0 Å². The number of carbonyl (C=O) groups excluding carboxylic acids is 1. The van der Waals surface area contributed by atoms with E-state index in [1.165, 1.54) is 0 Å². The summed E-state index contributed by atoms with van der Waals surface area (Å²) in [6.45, 7) is 6.08. The van der Waals surface area contributed by atoms with Crippen LogP contribution in [0.4, 0.5) is 5.69 Å². The molecule has 0 saturated heterocycles. The molecule has 118 valence electrons. The zero-order valence-corrected chi connectivity index (χ0v) is 14.0. The first-order valence-electron chi connectivity index (χ1n) is 7.30. The van der Waals surface area contributed by atoms with Gasteiger partial charge in [-0.05, 0) is 67.8 Å². The van der Waals surface area contributed by atoms with Gasteiger partial charge >= 0.3 is 0 Å². The molecule has 5 nitrogen and oxygen atoms in total. The van der Waals surface area contributed by atoms with Gasteiger partial charge in [-0.25, -0.2) is 4.68 Å². The van der Waals surface area contributed by atoms with E-state index in [0.717, 1.165) is 33.4 Å². The van der Waals surface area contributed by atoms with Gasteiger partial charge in [-0.1, -0.05) is 16.8 Å². The highest BCUT2D eigenvalue weighted by Crippen LogP contribution is 2.20. The molecule has 23 heavy (non-hydrogen) atoms. The standard InChI is InChI=1S/C17H17ClN4O/c1-10-7-15-16(8-11(10)2)22(21-20-15)9-17(23)19-14-5-4-13(18)6-12(14)3/h4-8H,9H2,1-3H3,(H,19,23). The largest absolute Gasteiger partial charge is 0.324 e. The minimum absolute atomic E-state index is 0.112. The number of hydrogen-bond donors (Lipinski definition) is 1. The van der Waals surface area contributed by atoms with Crippen LogP contribution >= 0.6 is 11.6 Å². The quantitative estimate of drug-likeness (QED) is 0.798. The Balaban J connectivity index is 1.81. The molecule has 0 fully saturated rings. The molecule has 0 unspecified atom stereocenters. The fourth-order valence-electron chi connectivity index (χ4n) is 2.43. The van der Waals surface area contributed by atoms with Crippen molar-refractivity contribution < 1.29 is 4.79 Å². The first kappa shape index (κ1) is 15.5. The van der Waals surface area contributed by atoms with E-state index in [-0.39, 0.29) is 12.5 Å². The number of amides is 1. The summed E-state index contributed by atoms with van der Waals surface area (Å²) in [5.74, 6) is -0.152.